The van der Waals surface area contributed by atoms with Crippen LogP contribution in [0.2, 0.25) is 0 Å². The smallest absolute Gasteiger partial charge is 0.306 e. The molecule has 0 N–H and O–H groups in total. The molecule has 0 saturated carbocycles. The Morgan fingerprint density at radius 2 is 1.44 bits per heavy atom. The molecule has 0 aromatic heterocycles. The van der Waals surface area contributed by atoms with E-state index in [1.165, 1.54) is 12.8 Å². The van der Waals surface area contributed by atoms with Crippen LogP contribution in [0.15, 0.2) is 36.5 Å². The Hall–Kier alpha value is -1.68. The highest BCUT2D eigenvalue weighted by atomic mass is 16.5. The van der Waals surface area contributed by atoms with Gasteiger partial charge < -0.3 is 9.47 Å². The lowest BCUT2D eigenvalue weighted by Gasteiger charge is -2.04. The molecule has 4 heteroatoms. The Morgan fingerprint density at radius 3 is 2.11 bits per heavy atom. The molecule has 0 amide bonds. The van der Waals surface area contributed by atoms with Crippen molar-refractivity contribution in [2.24, 2.45) is 0 Å². The van der Waals surface area contributed by atoms with Crippen molar-refractivity contribution in [3.63, 3.8) is 0 Å². The maximum Gasteiger partial charge on any atom is 0.306 e. The van der Waals surface area contributed by atoms with Gasteiger partial charge in [0, 0.05) is 32.5 Å². The average Bonchev–Trinajstić information content (AvgIpc) is 2.67. The molecule has 0 saturated heterocycles. The SMILES string of the molecule is CCCCC=CC=CC=CCCCCC(=O)CCC(=O)OCCCOCC. The summed E-state index contributed by atoms with van der Waals surface area (Å²) in [7, 11) is 0. The fourth-order valence-corrected chi connectivity index (χ4v) is 2.31. The summed E-state index contributed by atoms with van der Waals surface area (Å²) in [4.78, 5) is 23.3. The number of hydrogen-bond donors (Lipinski definition) is 0. The largest absolute Gasteiger partial charge is 0.466 e. The number of allylic oxidation sites excluding steroid dienone is 6. The summed E-state index contributed by atoms with van der Waals surface area (Å²) in [5, 5.41) is 0. The molecule has 27 heavy (non-hydrogen) atoms. The second-order valence-electron chi connectivity index (χ2n) is 6.44. The molecular weight excluding hydrogens is 340 g/mol. The number of carbonyl (C=O) groups excluding carboxylic acids is 2. The van der Waals surface area contributed by atoms with E-state index >= 15 is 0 Å². The zero-order valence-electron chi connectivity index (χ0n) is 17.3. The van der Waals surface area contributed by atoms with Crippen molar-refractivity contribution in [2.75, 3.05) is 19.8 Å². The van der Waals surface area contributed by atoms with Crippen molar-refractivity contribution >= 4 is 11.8 Å². The molecule has 0 radical (unpaired) electrons. The van der Waals surface area contributed by atoms with E-state index in [1.54, 1.807) is 0 Å². The van der Waals surface area contributed by atoms with Gasteiger partial charge in [0.25, 0.3) is 0 Å². The Balaban J connectivity index is 3.52. The fraction of sp³-hybridized carbons (Fsp3) is 0.652. The molecule has 0 spiro atoms. The first-order valence-electron chi connectivity index (χ1n) is 10.4. The summed E-state index contributed by atoms with van der Waals surface area (Å²) < 4.78 is 10.2. The monoisotopic (exact) mass is 378 g/mol. The first-order chi connectivity index (χ1) is 13.2. The standard InChI is InChI=1S/C23H38O4/c1-3-5-6-7-8-9-10-11-12-13-14-15-17-22(24)18-19-23(25)27-21-16-20-26-4-2/h7-12H,3-6,13-21H2,1-2H3. The fourth-order valence-electron chi connectivity index (χ4n) is 2.31. The molecule has 0 atom stereocenters. The molecule has 0 heterocycles. The molecular formula is C23H38O4. The van der Waals surface area contributed by atoms with Gasteiger partial charge in [-0.05, 0) is 32.6 Å². The van der Waals surface area contributed by atoms with Gasteiger partial charge >= 0.3 is 5.97 Å². The number of hydrogen-bond acceptors (Lipinski definition) is 4. The van der Waals surface area contributed by atoms with Crippen LogP contribution in [0, 0.1) is 0 Å². The van der Waals surface area contributed by atoms with E-state index in [0.717, 1.165) is 25.7 Å². The van der Waals surface area contributed by atoms with Gasteiger partial charge in [0.05, 0.1) is 13.0 Å². The average molecular weight is 379 g/mol. The minimum Gasteiger partial charge on any atom is -0.466 e. The van der Waals surface area contributed by atoms with Gasteiger partial charge in [0.2, 0.25) is 0 Å². The molecule has 4 nitrogen and oxygen atoms in total. The predicted molar refractivity (Wildman–Crippen MR) is 112 cm³/mol. The molecule has 0 aliphatic heterocycles. The second kappa shape index (κ2) is 20.6. The maximum absolute atomic E-state index is 11.8. The number of esters is 1. The summed E-state index contributed by atoms with van der Waals surface area (Å²) in [5.74, 6) is -0.152. The zero-order valence-corrected chi connectivity index (χ0v) is 17.3. The summed E-state index contributed by atoms with van der Waals surface area (Å²) in [5.41, 5.74) is 0. The summed E-state index contributed by atoms with van der Waals surface area (Å²) in [6.07, 6.45) is 20.7. The molecule has 0 aromatic rings. The van der Waals surface area contributed by atoms with Crippen molar-refractivity contribution in [3.8, 4) is 0 Å². The molecule has 0 fully saturated rings. The highest BCUT2D eigenvalue weighted by molar-refractivity contribution is 5.82. The third-order valence-corrected chi connectivity index (χ3v) is 3.91. The topological polar surface area (TPSA) is 52.6 Å². The van der Waals surface area contributed by atoms with Crippen LogP contribution in [-0.2, 0) is 19.1 Å². The van der Waals surface area contributed by atoms with Crippen LogP contribution in [0.4, 0.5) is 0 Å². The summed E-state index contributed by atoms with van der Waals surface area (Å²) in [6.45, 7) is 5.76. The number of ketones is 1. The van der Waals surface area contributed by atoms with Crippen molar-refractivity contribution < 1.29 is 19.1 Å². The maximum atomic E-state index is 11.8. The normalized spacial score (nSPS) is 11.8. The molecule has 0 aromatic carbocycles. The van der Waals surface area contributed by atoms with E-state index in [4.69, 9.17) is 9.47 Å². The van der Waals surface area contributed by atoms with Crippen molar-refractivity contribution in [1.82, 2.24) is 0 Å². The Bertz CT molecular complexity index is 449. The van der Waals surface area contributed by atoms with Crippen LogP contribution in [0.3, 0.4) is 0 Å². The van der Waals surface area contributed by atoms with E-state index < -0.39 is 0 Å². The van der Waals surface area contributed by atoms with Crippen LogP contribution in [-0.4, -0.2) is 31.6 Å². The lowest BCUT2D eigenvalue weighted by molar-refractivity contribution is -0.145. The lowest BCUT2D eigenvalue weighted by atomic mass is 10.1. The molecule has 0 bridgehead atoms. The Morgan fingerprint density at radius 1 is 0.741 bits per heavy atom. The number of Topliss-reactive ketones (excluding diaryl/α,β-unsaturated/α-hetero) is 1. The molecule has 154 valence electrons. The van der Waals surface area contributed by atoms with E-state index in [2.05, 4.69) is 25.2 Å². The predicted octanol–water partition coefficient (Wildman–Crippen LogP) is 5.72. The third-order valence-electron chi connectivity index (χ3n) is 3.91. The van der Waals surface area contributed by atoms with Gasteiger partial charge in [-0.1, -0.05) is 56.2 Å². The minimum atomic E-state index is -0.293. The van der Waals surface area contributed by atoms with Crippen LogP contribution < -0.4 is 0 Å². The van der Waals surface area contributed by atoms with E-state index in [9.17, 15) is 9.59 Å². The van der Waals surface area contributed by atoms with Crippen LogP contribution in [0.5, 0.6) is 0 Å². The van der Waals surface area contributed by atoms with Gasteiger partial charge in [-0.3, -0.25) is 9.59 Å². The van der Waals surface area contributed by atoms with Gasteiger partial charge in [0.1, 0.15) is 5.78 Å². The van der Waals surface area contributed by atoms with E-state index in [1.807, 2.05) is 25.2 Å². The zero-order chi connectivity index (χ0) is 20.0. The summed E-state index contributed by atoms with van der Waals surface area (Å²) in [6, 6.07) is 0. The highest BCUT2D eigenvalue weighted by Gasteiger charge is 2.07. The number of unbranched alkanes of at least 4 members (excludes halogenated alkanes) is 4. The third kappa shape index (κ3) is 20.5. The van der Waals surface area contributed by atoms with Crippen LogP contribution in [0.1, 0.15) is 78.1 Å². The first-order valence-corrected chi connectivity index (χ1v) is 10.4. The number of ether oxygens (including phenoxy) is 2. The Kier molecular flexibility index (Phi) is 19.3. The van der Waals surface area contributed by atoms with Gasteiger partial charge in [-0.2, -0.15) is 0 Å². The highest BCUT2D eigenvalue weighted by Crippen LogP contribution is 2.06. The van der Waals surface area contributed by atoms with Gasteiger partial charge in [-0.15, -0.1) is 0 Å². The second-order valence-corrected chi connectivity index (χ2v) is 6.44. The van der Waals surface area contributed by atoms with Crippen LogP contribution >= 0.6 is 0 Å². The molecule has 0 rings (SSSR count). The van der Waals surface area contributed by atoms with Gasteiger partial charge in [-0.25, -0.2) is 0 Å². The van der Waals surface area contributed by atoms with Crippen molar-refractivity contribution in [2.45, 2.75) is 78.1 Å². The van der Waals surface area contributed by atoms with Crippen molar-refractivity contribution in [3.05, 3.63) is 36.5 Å². The summed E-state index contributed by atoms with van der Waals surface area (Å²) >= 11 is 0. The molecule has 0 unspecified atom stereocenters. The molecule has 0 aliphatic rings. The quantitative estimate of drug-likeness (QED) is 0.174. The first kappa shape index (κ1) is 25.3. The Labute approximate surface area is 165 Å². The van der Waals surface area contributed by atoms with Gasteiger partial charge in [0.15, 0.2) is 0 Å². The van der Waals surface area contributed by atoms with E-state index in [-0.39, 0.29) is 24.6 Å². The lowest BCUT2D eigenvalue weighted by Crippen LogP contribution is -2.10. The van der Waals surface area contributed by atoms with Crippen molar-refractivity contribution in [1.29, 1.82) is 0 Å². The number of rotatable bonds is 18. The van der Waals surface area contributed by atoms with E-state index in [0.29, 0.717) is 32.7 Å². The minimum absolute atomic E-state index is 0.141. The molecule has 0 aliphatic carbocycles. The number of carbonyl (C=O) groups is 2. The van der Waals surface area contributed by atoms with Crippen LogP contribution in [0.25, 0.3) is 0 Å².